The minimum Gasteiger partial charge on any atom is -0.744 e. The Morgan fingerprint density at radius 2 is 1.50 bits per heavy atom. The molecule has 0 bridgehead atoms. The molecule has 3 rings (SSSR count). The molecule has 0 heterocycles. The highest BCUT2D eigenvalue weighted by Gasteiger charge is 2.14. The van der Waals surface area contributed by atoms with Gasteiger partial charge in [0, 0.05) is 4.91 Å². The number of benzene rings is 3. The topological polar surface area (TPSA) is 115 Å². The normalized spacial score (nSPS) is 10.4. The fourth-order valence-electron chi connectivity index (χ4n) is 2.23. The van der Waals surface area contributed by atoms with Crippen LogP contribution in [0, 0.1) is 14.1 Å². The molecule has 0 unspecified atom stereocenters. The van der Waals surface area contributed by atoms with E-state index in [9.17, 15) is 13.0 Å². The standard InChI is InChI=1S/C14H13IN3O.C7H8O3S/c1-19-14-8-6-13(7-9-14)15-12-4-2-11(3-5-12)10-17-18-16;1-6-2-4-7(5-3-6)11(8,9)10/h2-9H,10H2,1H3;2-5H,1H3,(H,8,9,10)/q+1;/p-1. The molecule has 0 fully saturated rings. The number of hydrogen-bond acceptors (Lipinski definition) is 5. The van der Waals surface area contributed by atoms with Gasteiger partial charge in [-0.1, -0.05) is 34.9 Å². The van der Waals surface area contributed by atoms with E-state index in [-0.39, 0.29) is 26.1 Å². The van der Waals surface area contributed by atoms with Gasteiger partial charge < -0.3 is 9.29 Å². The van der Waals surface area contributed by atoms with E-state index in [1.165, 1.54) is 19.3 Å². The second-order valence-electron chi connectivity index (χ2n) is 6.04. The third kappa shape index (κ3) is 8.03. The summed E-state index contributed by atoms with van der Waals surface area (Å²) in [5, 5.41) is 3.55. The molecule has 0 aliphatic heterocycles. The van der Waals surface area contributed by atoms with E-state index in [1.807, 2.05) is 31.2 Å². The Labute approximate surface area is 186 Å². The average molecular weight is 537 g/mol. The summed E-state index contributed by atoms with van der Waals surface area (Å²) in [6, 6.07) is 22.3. The Kier molecular flexibility index (Phi) is 9.13. The zero-order valence-corrected chi connectivity index (χ0v) is 19.4. The van der Waals surface area contributed by atoms with E-state index in [0.29, 0.717) is 6.54 Å². The highest BCUT2D eigenvalue weighted by molar-refractivity contribution is 7.85. The summed E-state index contributed by atoms with van der Waals surface area (Å²) in [4.78, 5) is 2.58. The molecular formula is C21H20IN3O4S. The smallest absolute Gasteiger partial charge is 0.357 e. The van der Waals surface area contributed by atoms with Gasteiger partial charge in [-0.2, -0.15) is 0 Å². The van der Waals surface area contributed by atoms with Crippen LogP contribution in [0.3, 0.4) is 0 Å². The van der Waals surface area contributed by atoms with E-state index >= 15 is 0 Å². The minimum absolute atomic E-state index is 0.175. The van der Waals surface area contributed by atoms with Crippen LogP contribution in [0.1, 0.15) is 11.1 Å². The van der Waals surface area contributed by atoms with Crippen molar-refractivity contribution in [2.45, 2.75) is 18.4 Å². The first-order valence-electron chi connectivity index (χ1n) is 8.73. The number of methoxy groups -OCH3 is 1. The number of hydrogen-bond donors (Lipinski definition) is 0. The Bertz CT molecular complexity index is 1090. The maximum Gasteiger partial charge on any atom is 0.357 e. The van der Waals surface area contributed by atoms with Crippen LogP contribution >= 0.6 is 0 Å². The lowest BCUT2D eigenvalue weighted by molar-refractivity contribution is -0.597. The van der Waals surface area contributed by atoms with Crippen molar-refractivity contribution >= 4 is 10.1 Å². The Morgan fingerprint density at radius 3 is 1.97 bits per heavy atom. The van der Waals surface area contributed by atoms with Gasteiger partial charge in [-0.15, -0.1) is 0 Å². The molecule has 0 atom stereocenters. The fraction of sp³-hybridized carbons (Fsp3) is 0.143. The summed E-state index contributed by atoms with van der Waals surface area (Å²) in [5.41, 5.74) is 10.2. The highest BCUT2D eigenvalue weighted by atomic mass is 127. The van der Waals surface area contributed by atoms with Gasteiger partial charge in [0.25, 0.3) is 0 Å². The molecule has 9 heteroatoms. The fourth-order valence-corrected chi connectivity index (χ4v) is 4.86. The molecule has 0 aliphatic rings. The van der Waals surface area contributed by atoms with E-state index < -0.39 is 10.1 Å². The van der Waals surface area contributed by atoms with Gasteiger partial charge in [-0.05, 0) is 66.5 Å². The molecule has 0 spiro atoms. The molecule has 0 saturated heterocycles. The van der Waals surface area contributed by atoms with Crippen molar-refractivity contribution < 1.29 is 38.9 Å². The van der Waals surface area contributed by atoms with Crippen LogP contribution < -0.4 is 25.9 Å². The second-order valence-corrected chi connectivity index (χ2v) is 10.4. The van der Waals surface area contributed by atoms with Gasteiger partial charge in [0.2, 0.25) is 0 Å². The van der Waals surface area contributed by atoms with Gasteiger partial charge in [0.15, 0.2) is 7.14 Å². The second kappa shape index (κ2) is 11.6. The molecule has 156 valence electrons. The monoisotopic (exact) mass is 537 g/mol. The van der Waals surface area contributed by atoms with Crippen molar-refractivity contribution in [3.63, 3.8) is 0 Å². The molecule has 3 aromatic carbocycles. The van der Waals surface area contributed by atoms with E-state index in [2.05, 4.69) is 34.3 Å². The van der Waals surface area contributed by atoms with Crippen molar-refractivity contribution in [3.8, 4) is 5.75 Å². The molecule has 0 radical (unpaired) electrons. The summed E-state index contributed by atoms with van der Waals surface area (Å²) in [6.45, 7) is 2.23. The number of ether oxygens (including phenoxy) is 1. The Balaban J connectivity index is 0.000000248. The molecule has 0 aromatic heterocycles. The van der Waals surface area contributed by atoms with Crippen molar-refractivity contribution in [2.24, 2.45) is 5.11 Å². The molecule has 0 saturated carbocycles. The number of halogens is 1. The van der Waals surface area contributed by atoms with Gasteiger partial charge >= 0.3 is 21.2 Å². The maximum absolute atomic E-state index is 10.4. The highest BCUT2D eigenvalue weighted by Crippen LogP contribution is 2.08. The zero-order chi connectivity index (χ0) is 22.0. The van der Waals surface area contributed by atoms with Crippen LogP contribution in [0.15, 0.2) is 82.8 Å². The largest absolute Gasteiger partial charge is 0.744 e. The first kappa shape index (κ1) is 23.7. The first-order valence-corrected chi connectivity index (χ1v) is 12.3. The summed E-state index contributed by atoms with van der Waals surface area (Å²) in [5.74, 6) is 0.887. The Hall–Kier alpha value is -2.59. The number of rotatable bonds is 6. The summed E-state index contributed by atoms with van der Waals surface area (Å²) >= 11 is -0.175. The van der Waals surface area contributed by atoms with Gasteiger partial charge in [0.1, 0.15) is 15.9 Å². The SMILES string of the molecule is COc1ccc([I+]c2ccc(CN=[N+]=[N-])cc2)cc1.Cc1ccc(S(=O)(=O)[O-])cc1. The lowest BCUT2D eigenvalue weighted by Gasteiger charge is -2.05. The van der Waals surface area contributed by atoms with Crippen LogP contribution in [0.2, 0.25) is 0 Å². The van der Waals surface area contributed by atoms with E-state index in [0.717, 1.165) is 16.9 Å². The molecule has 0 aliphatic carbocycles. The Morgan fingerprint density at radius 1 is 0.967 bits per heavy atom. The summed E-state index contributed by atoms with van der Waals surface area (Å²) < 4.78 is 39.0. The summed E-state index contributed by atoms with van der Waals surface area (Å²) in [6.07, 6.45) is 0. The molecular weight excluding hydrogens is 517 g/mol. The average Bonchev–Trinajstić information content (AvgIpc) is 2.74. The van der Waals surface area contributed by atoms with Gasteiger partial charge in [-0.25, -0.2) is 8.42 Å². The van der Waals surface area contributed by atoms with Gasteiger partial charge in [0.05, 0.1) is 18.6 Å². The number of aryl methyl sites for hydroxylation is 1. The van der Waals surface area contributed by atoms with Crippen molar-refractivity contribution in [1.29, 1.82) is 0 Å². The number of nitrogens with zero attached hydrogens (tertiary/aromatic N) is 3. The molecule has 0 amide bonds. The van der Waals surface area contributed by atoms with Gasteiger partial charge in [-0.3, -0.25) is 0 Å². The van der Waals surface area contributed by atoms with Crippen molar-refractivity contribution in [1.82, 2.24) is 0 Å². The first-order chi connectivity index (χ1) is 14.3. The van der Waals surface area contributed by atoms with Crippen molar-refractivity contribution in [2.75, 3.05) is 7.11 Å². The number of azide groups is 1. The van der Waals surface area contributed by atoms with Crippen molar-refractivity contribution in [3.05, 3.63) is 102 Å². The van der Waals surface area contributed by atoms with Crippen LogP contribution in [0.25, 0.3) is 10.4 Å². The summed E-state index contributed by atoms with van der Waals surface area (Å²) in [7, 11) is -2.60. The third-order valence-electron chi connectivity index (χ3n) is 3.81. The maximum atomic E-state index is 10.4. The molecule has 3 aromatic rings. The molecule has 30 heavy (non-hydrogen) atoms. The molecule has 7 nitrogen and oxygen atoms in total. The van der Waals surface area contributed by atoms with Crippen LogP contribution in [-0.4, -0.2) is 20.1 Å². The quantitative estimate of drug-likeness (QED) is 0.156. The van der Waals surface area contributed by atoms with E-state index in [1.54, 1.807) is 19.2 Å². The lowest BCUT2D eigenvalue weighted by Crippen LogP contribution is -3.61. The van der Waals surface area contributed by atoms with Crippen LogP contribution in [-0.2, 0) is 16.7 Å². The van der Waals surface area contributed by atoms with E-state index in [4.69, 9.17) is 10.3 Å². The third-order valence-corrected chi connectivity index (χ3v) is 7.34. The van der Waals surface area contributed by atoms with Crippen LogP contribution in [0.4, 0.5) is 0 Å². The lowest BCUT2D eigenvalue weighted by atomic mass is 10.2. The predicted octanol–water partition coefficient (Wildman–Crippen LogP) is 1.53. The predicted molar refractivity (Wildman–Crippen MR) is 109 cm³/mol. The minimum atomic E-state index is -4.27. The molecule has 0 N–H and O–H groups in total. The van der Waals surface area contributed by atoms with Crippen LogP contribution in [0.5, 0.6) is 5.75 Å². The zero-order valence-electron chi connectivity index (χ0n) is 16.4.